The molecule has 26 heavy (non-hydrogen) atoms. The molecule has 6 nitrogen and oxygen atoms in total. The van der Waals surface area contributed by atoms with Crippen LogP contribution in [0, 0.1) is 5.41 Å². The standard InChI is InChI=1S/C19H24ClN3O3/c1-3-21-11-19(10-17(21)25)12-22(14(2)24)8-9-23(13-19)18(26)15-4-6-16(20)7-5-15/h4-7H,3,8-13H2,1-2H3/t19-/m1/s1. The smallest absolute Gasteiger partial charge is 0.253 e. The van der Waals surface area contributed by atoms with Crippen LogP contribution in [0.2, 0.25) is 5.02 Å². The highest BCUT2D eigenvalue weighted by molar-refractivity contribution is 6.30. The first-order valence-corrected chi connectivity index (χ1v) is 9.29. The van der Waals surface area contributed by atoms with Gasteiger partial charge in [0.05, 0.1) is 0 Å². The average Bonchev–Trinajstić information content (AvgIpc) is 2.80. The summed E-state index contributed by atoms with van der Waals surface area (Å²) in [7, 11) is 0. The Morgan fingerprint density at radius 1 is 1.08 bits per heavy atom. The van der Waals surface area contributed by atoms with Gasteiger partial charge in [-0.05, 0) is 31.2 Å². The van der Waals surface area contributed by atoms with Crippen LogP contribution in [0.3, 0.4) is 0 Å². The molecule has 2 aliphatic heterocycles. The number of rotatable bonds is 2. The Hall–Kier alpha value is -2.08. The van der Waals surface area contributed by atoms with Crippen molar-refractivity contribution in [1.82, 2.24) is 14.7 Å². The summed E-state index contributed by atoms with van der Waals surface area (Å²) < 4.78 is 0. The number of nitrogens with zero attached hydrogens (tertiary/aromatic N) is 3. The zero-order chi connectivity index (χ0) is 18.9. The zero-order valence-corrected chi connectivity index (χ0v) is 16.0. The molecule has 140 valence electrons. The van der Waals surface area contributed by atoms with Crippen LogP contribution >= 0.6 is 11.6 Å². The maximum atomic E-state index is 13.0. The van der Waals surface area contributed by atoms with Gasteiger partial charge in [-0.3, -0.25) is 14.4 Å². The van der Waals surface area contributed by atoms with Gasteiger partial charge >= 0.3 is 0 Å². The molecular weight excluding hydrogens is 354 g/mol. The Labute approximate surface area is 158 Å². The summed E-state index contributed by atoms with van der Waals surface area (Å²) in [6.07, 6.45) is 0.370. The van der Waals surface area contributed by atoms with E-state index in [1.165, 1.54) is 0 Å². The number of carbonyl (C=O) groups excluding carboxylic acids is 3. The molecule has 0 unspecified atom stereocenters. The SMILES string of the molecule is CCN1C[C@]2(CC1=O)CN(C(C)=O)CCN(C(=O)c1ccc(Cl)cc1)C2. The van der Waals surface area contributed by atoms with Gasteiger partial charge in [-0.15, -0.1) is 0 Å². The van der Waals surface area contributed by atoms with E-state index in [4.69, 9.17) is 11.6 Å². The molecule has 0 radical (unpaired) electrons. The molecule has 1 aromatic carbocycles. The van der Waals surface area contributed by atoms with Gasteiger partial charge in [0.15, 0.2) is 0 Å². The van der Waals surface area contributed by atoms with Crippen LogP contribution in [0.15, 0.2) is 24.3 Å². The lowest BCUT2D eigenvalue weighted by molar-refractivity contribution is -0.130. The van der Waals surface area contributed by atoms with Crippen molar-refractivity contribution in [3.63, 3.8) is 0 Å². The third kappa shape index (κ3) is 3.70. The third-order valence-corrected chi connectivity index (χ3v) is 5.55. The zero-order valence-electron chi connectivity index (χ0n) is 15.2. The first kappa shape index (κ1) is 18.7. The van der Waals surface area contributed by atoms with Crippen LogP contribution < -0.4 is 0 Å². The molecule has 0 aliphatic carbocycles. The van der Waals surface area contributed by atoms with Crippen molar-refractivity contribution in [3.8, 4) is 0 Å². The van der Waals surface area contributed by atoms with Crippen molar-refractivity contribution in [2.75, 3.05) is 39.3 Å². The fourth-order valence-corrected chi connectivity index (χ4v) is 4.08. The first-order valence-electron chi connectivity index (χ1n) is 8.92. The van der Waals surface area contributed by atoms with Crippen LogP contribution in [-0.2, 0) is 9.59 Å². The Kier molecular flexibility index (Phi) is 5.23. The fraction of sp³-hybridized carbons (Fsp3) is 0.526. The minimum Gasteiger partial charge on any atom is -0.342 e. The molecule has 1 aromatic rings. The molecule has 2 aliphatic rings. The predicted octanol–water partition coefficient (Wildman–Crippen LogP) is 1.88. The van der Waals surface area contributed by atoms with Crippen molar-refractivity contribution < 1.29 is 14.4 Å². The van der Waals surface area contributed by atoms with Crippen molar-refractivity contribution in [1.29, 1.82) is 0 Å². The predicted molar refractivity (Wildman–Crippen MR) is 98.9 cm³/mol. The first-order chi connectivity index (χ1) is 12.3. The monoisotopic (exact) mass is 377 g/mol. The molecule has 0 N–H and O–H groups in total. The van der Waals surface area contributed by atoms with Crippen molar-refractivity contribution in [3.05, 3.63) is 34.9 Å². The Morgan fingerprint density at radius 3 is 2.27 bits per heavy atom. The topological polar surface area (TPSA) is 60.9 Å². The number of halogens is 1. The number of hydrogen-bond acceptors (Lipinski definition) is 3. The fourth-order valence-electron chi connectivity index (χ4n) is 3.96. The van der Waals surface area contributed by atoms with Gasteiger partial charge in [0.2, 0.25) is 11.8 Å². The van der Waals surface area contributed by atoms with E-state index in [9.17, 15) is 14.4 Å². The Balaban J connectivity index is 1.87. The summed E-state index contributed by atoms with van der Waals surface area (Å²) in [5, 5.41) is 0.580. The lowest BCUT2D eigenvalue weighted by Gasteiger charge is -2.33. The summed E-state index contributed by atoms with van der Waals surface area (Å²) in [4.78, 5) is 42.7. The lowest BCUT2D eigenvalue weighted by Crippen LogP contribution is -2.45. The molecule has 2 fully saturated rings. The second-order valence-electron chi connectivity index (χ2n) is 7.26. The van der Waals surface area contributed by atoms with E-state index in [1.807, 2.05) is 11.8 Å². The molecule has 2 saturated heterocycles. The number of amides is 3. The Morgan fingerprint density at radius 2 is 1.69 bits per heavy atom. The van der Waals surface area contributed by atoms with Crippen molar-refractivity contribution in [2.45, 2.75) is 20.3 Å². The average molecular weight is 378 g/mol. The maximum absolute atomic E-state index is 13.0. The number of carbonyl (C=O) groups is 3. The van der Waals surface area contributed by atoms with E-state index < -0.39 is 5.41 Å². The van der Waals surface area contributed by atoms with Crippen LogP contribution in [0.25, 0.3) is 0 Å². The van der Waals surface area contributed by atoms with Gasteiger partial charge < -0.3 is 14.7 Å². The summed E-state index contributed by atoms with van der Waals surface area (Å²) >= 11 is 5.92. The van der Waals surface area contributed by atoms with Gasteiger partial charge in [-0.25, -0.2) is 0 Å². The summed E-state index contributed by atoms with van der Waals surface area (Å²) in [6.45, 7) is 6.64. The number of hydrogen-bond donors (Lipinski definition) is 0. The minimum atomic E-state index is -0.405. The molecule has 7 heteroatoms. The van der Waals surface area contributed by atoms with Gasteiger partial charge in [-0.1, -0.05) is 11.6 Å². The van der Waals surface area contributed by atoms with E-state index in [2.05, 4.69) is 0 Å². The largest absolute Gasteiger partial charge is 0.342 e. The lowest BCUT2D eigenvalue weighted by atomic mass is 9.85. The van der Waals surface area contributed by atoms with E-state index in [0.29, 0.717) is 56.3 Å². The second-order valence-corrected chi connectivity index (χ2v) is 7.70. The van der Waals surface area contributed by atoms with E-state index in [1.54, 1.807) is 41.0 Å². The van der Waals surface area contributed by atoms with Crippen LogP contribution in [0.5, 0.6) is 0 Å². The second kappa shape index (κ2) is 7.27. The summed E-state index contributed by atoms with van der Waals surface area (Å²) in [5.74, 6) is -0.0156. The Bertz CT molecular complexity index is 721. The molecule has 3 amide bonds. The molecule has 0 bridgehead atoms. The number of likely N-dealkylation sites (tertiary alicyclic amines) is 1. The molecule has 1 spiro atoms. The van der Waals surface area contributed by atoms with Crippen molar-refractivity contribution in [2.24, 2.45) is 5.41 Å². The molecular formula is C19H24ClN3O3. The molecule has 2 heterocycles. The van der Waals surface area contributed by atoms with E-state index in [-0.39, 0.29) is 17.7 Å². The van der Waals surface area contributed by atoms with Gasteiger partial charge in [0.1, 0.15) is 0 Å². The van der Waals surface area contributed by atoms with Crippen molar-refractivity contribution >= 4 is 29.3 Å². The van der Waals surface area contributed by atoms with Gasteiger partial charge in [-0.2, -0.15) is 0 Å². The normalized spacial score (nSPS) is 23.5. The van der Waals surface area contributed by atoms with Crippen LogP contribution in [0.1, 0.15) is 30.6 Å². The molecule has 1 atom stereocenters. The molecule has 0 saturated carbocycles. The van der Waals surface area contributed by atoms with Crippen LogP contribution in [-0.4, -0.2) is 71.7 Å². The summed E-state index contributed by atoms with van der Waals surface area (Å²) in [5.41, 5.74) is 0.162. The van der Waals surface area contributed by atoms with E-state index in [0.717, 1.165) is 0 Å². The number of benzene rings is 1. The highest BCUT2D eigenvalue weighted by atomic mass is 35.5. The minimum absolute atomic E-state index is 0.0208. The van der Waals surface area contributed by atoms with Gasteiger partial charge in [0.25, 0.3) is 5.91 Å². The third-order valence-electron chi connectivity index (χ3n) is 5.30. The highest BCUT2D eigenvalue weighted by Gasteiger charge is 2.47. The highest BCUT2D eigenvalue weighted by Crippen LogP contribution is 2.35. The maximum Gasteiger partial charge on any atom is 0.253 e. The quantitative estimate of drug-likeness (QED) is 0.790. The molecule has 3 rings (SSSR count). The van der Waals surface area contributed by atoms with Crippen LogP contribution in [0.4, 0.5) is 0 Å². The summed E-state index contributed by atoms with van der Waals surface area (Å²) in [6, 6.07) is 6.82. The molecule has 0 aromatic heterocycles. The van der Waals surface area contributed by atoms with Gasteiger partial charge in [0, 0.05) is 68.6 Å². The van der Waals surface area contributed by atoms with E-state index >= 15 is 0 Å².